The van der Waals surface area contributed by atoms with Crippen LogP contribution in [0.1, 0.15) is 45.8 Å². The Balaban J connectivity index is 2.07. The average Bonchev–Trinajstić information content (AvgIpc) is 3.19. The van der Waals surface area contributed by atoms with Gasteiger partial charge in [0.2, 0.25) is 5.78 Å². The van der Waals surface area contributed by atoms with Gasteiger partial charge in [0.25, 0.3) is 5.91 Å². The number of rotatable bonds is 8. The van der Waals surface area contributed by atoms with Gasteiger partial charge < -0.3 is 14.9 Å². The Hall–Kier alpha value is -2.58. The number of aliphatic hydroxyl groups is 1. The van der Waals surface area contributed by atoms with Crippen molar-refractivity contribution >= 4 is 23.0 Å². The van der Waals surface area contributed by atoms with Crippen LogP contribution in [0.4, 0.5) is 4.39 Å². The van der Waals surface area contributed by atoms with Crippen LogP contribution < -0.4 is 0 Å². The summed E-state index contributed by atoms with van der Waals surface area (Å²) >= 11 is 1.20. The lowest BCUT2D eigenvalue weighted by Gasteiger charge is -2.29. The molecule has 1 atom stereocenters. The van der Waals surface area contributed by atoms with Crippen LogP contribution in [-0.4, -0.2) is 57.8 Å². The fraction of sp³-hybridized carbons (Fsp3) is 0.409. The first-order chi connectivity index (χ1) is 14.3. The van der Waals surface area contributed by atoms with Gasteiger partial charge in [0.1, 0.15) is 5.82 Å². The van der Waals surface area contributed by atoms with Gasteiger partial charge in [-0.2, -0.15) is 0 Å². The fourth-order valence-electron chi connectivity index (χ4n) is 3.79. The third-order valence-corrected chi connectivity index (χ3v) is 6.48. The maximum Gasteiger partial charge on any atom is 0.290 e. The van der Waals surface area contributed by atoms with Crippen molar-refractivity contribution < 1.29 is 19.1 Å². The van der Waals surface area contributed by atoms with Crippen molar-refractivity contribution in [2.45, 2.75) is 33.7 Å². The number of carbonyl (C=O) groups is 2. The van der Waals surface area contributed by atoms with E-state index in [-0.39, 0.29) is 17.7 Å². The number of hydrogen-bond acceptors (Lipinski definition) is 6. The molecule has 2 aromatic rings. The molecule has 1 aliphatic heterocycles. The SMILES string of the molecule is CCN(CC)CCN1C(=O)C(O)=C(C(=O)c2sc(C)nc2C)[C@H]1c1ccccc1F. The van der Waals surface area contributed by atoms with E-state index in [9.17, 15) is 19.1 Å². The standard InChI is InChI=1S/C22H26FN3O3S/c1-5-25(6-2)11-12-26-18(15-9-7-8-10-16(15)23)17(20(28)22(26)29)19(27)21-13(3)24-14(4)30-21/h7-10,18,28H,5-6,11-12H2,1-4H3/t18-/m1/s1. The topological polar surface area (TPSA) is 73.7 Å². The quantitative estimate of drug-likeness (QED) is 0.644. The van der Waals surface area contributed by atoms with Gasteiger partial charge in [0.15, 0.2) is 5.76 Å². The summed E-state index contributed by atoms with van der Waals surface area (Å²) in [5.41, 5.74) is 0.636. The number of aryl methyl sites for hydroxylation is 2. The van der Waals surface area contributed by atoms with Crippen molar-refractivity contribution in [2.75, 3.05) is 26.2 Å². The third-order valence-electron chi connectivity index (χ3n) is 5.41. The Morgan fingerprint density at radius 3 is 2.50 bits per heavy atom. The minimum atomic E-state index is -0.983. The molecule has 160 valence electrons. The second-order valence-corrected chi connectivity index (χ2v) is 8.39. The van der Waals surface area contributed by atoms with Crippen LogP contribution in [0.3, 0.4) is 0 Å². The van der Waals surface area contributed by atoms with Crippen molar-refractivity contribution in [3.05, 3.63) is 62.6 Å². The van der Waals surface area contributed by atoms with E-state index in [2.05, 4.69) is 9.88 Å². The summed E-state index contributed by atoms with van der Waals surface area (Å²) in [4.78, 5) is 34.5. The zero-order chi connectivity index (χ0) is 22.0. The first-order valence-corrected chi connectivity index (χ1v) is 10.8. The number of hydrogen-bond donors (Lipinski definition) is 1. The van der Waals surface area contributed by atoms with Crippen molar-refractivity contribution in [1.82, 2.24) is 14.8 Å². The van der Waals surface area contributed by atoms with Gasteiger partial charge in [0, 0.05) is 18.7 Å². The summed E-state index contributed by atoms with van der Waals surface area (Å²) in [5.74, 6) is -2.28. The Morgan fingerprint density at radius 2 is 1.93 bits per heavy atom. The molecule has 0 radical (unpaired) electrons. The predicted octanol–water partition coefficient (Wildman–Crippen LogP) is 3.82. The number of aliphatic hydroxyl groups excluding tert-OH is 1. The third kappa shape index (κ3) is 4.02. The monoisotopic (exact) mass is 431 g/mol. The minimum absolute atomic E-state index is 0.0867. The van der Waals surface area contributed by atoms with E-state index in [0.717, 1.165) is 13.1 Å². The number of benzene rings is 1. The van der Waals surface area contributed by atoms with Crippen LogP contribution >= 0.6 is 11.3 Å². The molecular weight excluding hydrogens is 405 g/mol. The van der Waals surface area contributed by atoms with Gasteiger partial charge in [-0.05, 0) is 33.0 Å². The van der Waals surface area contributed by atoms with Crippen LogP contribution in [0.5, 0.6) is 0 Å². The van der Waals surface area contributed by atoms with Gasteiger partial charge in [-0.1, -0.05) is 32.0 Å². The molecule has 1 amide bonds. The zero-order valence-corrected chi connectivity index (χ0v) is 18.4. The number of ketones is 1. The van der Waals surface area contributed by atoms with Crippen molar-refractivity contribution in [3.63, 3.8) is 0 Å². The molecule has 2 heterocycles. The van der Waals surface area contributed by atoms with Gasteiger partial charge in [0.05, 0.1) is 27.2 Å². The molecule has 1 aromatic carbocycles. The number of halogens is 1. The lowest BCUT2D eigenvalue weighted by atomic mass is 9.94. The lowest BCUT2D eigenvalue weighted by Crippen LogP contribution is -2.39. The first kappa shape index (κ1) is 22.1. The normalized spacial score (nSPS) is 16.8. The highest BCUT2D eigenvalue weighted by Crippen LogP contribution is 2.40. The van der Waals surface area contributed by atoms with E-state index in [1.807, 2.05) is 13.8 Å². The number of thiazole rings is 1. The summed E-state index contributed by atoms with van der Waals surface area (Å²) in [5, 5.41) is 11.4. The maximum atomic E-state index is 14.7. The average molecular weight is 432 g/mol. The largest absolute Gasteiger partial charge is 0.503 e. The summed E-state index contributed by atoms with van der Waals surface area (Å²) in [6, 6.07) is 5.07. The molecule has 0 saturated heterocycles. The molecule has 0 saturated carbocycles. The molecule has 30 heavy (non-hydrogen) atoms. The molecule has 6 nitrogen and oxygen atoms in total. The van der Waals surface area contributed by atoms with Gasteiger partial charge in [-0.15, -0.1) is 11.3 Å². The Bertz CT molecular complexity index is 997. The zero-order valence-electron chi connectivity index (χ0n) is 17.6. The molecule has 0 aliphatic carbocycles. The molecule has 8 heteroatoms. The molecule has 0 unspecified atom stereocenters. The number of nitrogens with zero attached hydrogens (tertiary/aromatic N) is 3. The van der Waals surface area contributed by atoms with Crippen LogP contribution in [0.15, 0.2) is 35.6 Å². The maximum absolute atomic E-state index is 14.7. The van der Waals surface area contributed by atoms with Crippen LogP contribution in [0.2, 0.25) is 0 Å². The van der Waals surface area contributed by atoms with E-state index in [0.29, 0.717) is 22.1 Å². The molecule has 1 aliphatic rings. The number of carbonyl (C=O) groups excluding carboxylic acids is 2. The number of Topliss-reactive ketones (excluding diaryl/α,β-unsaturated/α-hetero) is 1. The fourth-order valence-corrected chi connectivity index (χ4v) is 4.66. The van der Waals surface area contributed by atoms with Gasteiger partial charge in [-0.25, -0.2) is 9.37 Å². The summed E-state index contributed by atoms with van der Waals surface area (Å²) < 4.78 is 14.7. The van der Waals surface area contributed by atoms with E-state index >= 15 is 0 Å². The van der Waals surface area contributed by atoms with Crippen LogP contribution in [-0.2, 0) is 4.79 Å². The Morgan fingerprint density at radius 1 is 1.27 bits per heavy atom. The Labute approximate surface area is 179 Å². The molecule has 1 aromatic heterocycles. The lowest BCUT2D eigenvalue weighted by molar-refractivity contribution is -0.129. The van der Waals surface area contributed by atoms with Crippen molar-refractivity contribution in [3.8, 4) is 0 Å². The van der Waals surface area contributed by atoms with E-state index < -0.39 is 29.3 Å². The molecule has 3 rings (SSSR count). The minimum Gasteiger partial charge on any atom is -0.503 e. The predicted molar refractivity (Wildman–Crippen MR) is 114 cm³/mol. The van der Waals surface area contributed by atoms with E-state index in [1.54, 1.807) is 32.0 Å². The number of aromatic nitrogens is 1. The second-order valence-electron chi connectivity index (χ2n) is 7.19. The second kappa shape index (κ2) is 9.06. The Kier molecular flexibility index (Phi) is 6.67. The number of likely N-dealkylation sites (N-methyl/N-ethyl adjacent to an activating group) is 1. The van der Waals surface area contributed by atoms with Crippen molar-refractivity contribution in [1.29, 1.82) is 0 Å². The van der Waals surface area contributed by atoms with Gasteiger partial charge >= 0.3 is 0 Å². The van der Waals surface area contributed by atoms with Gasteiger partial charge in [-0.3, -0.25) is 9.59 Å². The van der Waals surface area contributed by atoms with Crippen molar-refractivity contribution in [2.24, 2.45) is 0 Å². The van der Waals surface area contributed by atoms with E-state index in [4.69, 9.17) is 0 Å². The highest BCUT2D eigenvalue weighted by Gasteiger charge is 2.45. The smallest absolute Gasteiger partial charge is 0.290 e. The summed E-state index contributed by atoms with van der Waals surface area (Å²) in [6.07, 6.45) is 0. The molecule has 0 spiro atoms. The highest BCUT2D eigenvalue weighted by molar-refractivity contribution is 7.14. The first-order valence-electron chi connectivity index (χ1n) is 9.99. The summed E-state index contributed by atoms with van der Waals surface area (Å²) in [7, 11) is 0. The molecule has 0 bridgehead atoms. The number of amides is 1. The molecule has 0 fully saturated rings. The molecule has 1 N–H and O–H groups in total. The highest BCUT2D eigenvalue weighted by atomic mass is 32.1. The summed E-state index contributed by atoms with van der Waals surface area (Å²) in [6.45, 7) is 9.94. The molecular formula is C22H26FN3O3S. The van der Waals surface area contributed by atoms with Crippen LogP contribution in [0.25, 0.3) is 0 Å². The van der Waals surface area contributed by atoms with Crippen LogP contribution in [0, 0.1) is 19.7 Å². The van der Waals surface area contributed by atoms with E-state index in [1.165, 1.54) is 22.3 Å².